The molecule has 1 rings (SSSR count). The molecule has 2 nitrogen and oxygen atoms in total. The first-order chi connectivity index (χ1) is 6.68. The number of nitrogen functional groups attached to an aromatic ring is 1. The van der Waals surface area contributed by atoms with E-state index in [9.17, 15) is 4.79 Å². The zero-order valence-corrected chi connectivity index (χ0v) is 8.62. The predicted molar refractivity (Wildman–Crippen MR) is 59.1 cm³/mol. The summed E-state index contributed by atoms with van der Waals surface area (Å²) in [7, 11) is 0. The molecule has 14 heavy (non-hydrogen) atoms. The van der Waals surface area contributed by atoms with E-state index in [1.54, 1.807) is 6.92 Å². The van der Waals surface area contributed by atoms with Crippen LogP contribution in [0.5, 0.6) is 0 Å². The maximum atomic E-state index is 10.7. The summed E-state index contributed by atoms with van der Waals surface area (Å²) in [6.07, 6.45) is 3.80. The lowest BCUT2D eigenvalue weighted by atomic mass is 10.1. The molecule has 0 bridgehead atoms. The van der Waals surface area contributed by atoms with Crippen LogP contribution < -0.4 is 5.73 Å². The lowest BCUT2D eigenvalue weighted by molar-refractivity contribution is -0.117. The van der Waals surface area contributed by atoms with Crippen molar-refractivity contribution in [2.75, 3.05) is 5.73 Å². The number of hydrogen-bond acceptors (Lipinski definition) is 2. The van der Waals surface area contributed by atoms with E-state index in [0.717, 1.165) is 24.9 Å². The van der Waals surface area contributed by atoms with E-state index >= 15 is 0 Å². The molecule has 0 fully saturated rings. The van der Waals surface area contributed by atoms with Crippen LogP contribution in [0.15, 0.2) is 24.3 Å². The van der Waals surface area contributed by atoms with Crippen LogP contribution in [0.1, 0.15) is 31.7 Å². The Morgan fingerprint density at radius 2 is 1.86 bits per heavy atom. The largest absolute Gasteiger partial charge is 0.399 e. The van der Waals surface area contributed by atoms with E-state index in [0.29, 0.717) is 6.42 Å². The highest BCUT2D eigenvalue weighted by atomic mass is 16.1. The van der Waals surface area contributed by atoms with Gasteiger partial charge in [-0.3, -0.25) is 0 Å². The van der Waals surface area contributed by atoms with Gasteiger partial charge in [0.25, 0.3) is 0 Å². The first kappa shape index (κ1) is 10.8. The molecule has 0 heterocycles. The lowest BCUT2D eigenvalue weighted by Gasteiger charge is -2.01. The molecule has 0 aliphatic carbocycles. The number of ketones is 1. The van der Waals surface area contributed by atoms with Gasteiger partial charge in [-0.15, -0.1) is 0 Å². The summed E-state index contributed by atoms with van der Waals surface area (Å²) in [5.41, 5.74) is 7.67. The van der Waals surface area contributed by atoms with Gasteiger partial charge in [0.15, 0.2) is 0 Å². The molecule has 2 N–H and O–H groups in total. The van der Waals surface area contributed by atoms with Crippen molar-refractivity contribution in [2.45, 2.75) is 32.6 Å². The molecule has 1 aromatic carbocycles. The Morgan fingerprint density at radius 1 is 1.21 bits per heavy atom. The number of nitrogens with two attached hydrogens (primary N) is 1. The smallest absolute Gasteiger partial charge is 0.129 e. The van der Waals surface area contributed by atoms with Crippen LogP contribution in [0, 0.1) is 0 Å². The van der Waals surface area contributed by atoms with Crippen LogP contribution in [0.3, 0.4) is 0 Å². The van der Waals surface area contributed by atoms with Gasteiger partial charge >= 0.3 is 0 Å². The third-order valence-corrected chi connectivity index (χ3v) is 2.22. The predicted octanol–water partition coefficient (Wildman–Crippen LogP) is 2.57. The van der Waals surface area contributed by atoms with Crippen molar-refractivity contribution in [3.8, 4) is 0 Å². The van der Waals surface area contributed by atoms with Crippen LogP contribution in [0.4, 0.5) is 5.69 Å². The Balaban J connectivity index is 2.25. The van der Waals surface area contributed by atoms with Crippen molar-refractivity contribution in [3.05, 3.63) is 29.8 Å². The van der Waals surface area contributed by atoms with Gasteiger partial charge in [0.2, 0.25) is 0 Å². The summed E-state index contributed by atoms with van der Waals surface area (Å²) in [5.74, 6) is 0.280. The lowest BCUT2D eigenvalue weighted by Crippen LogP contribution is -1.92. The van der Waals surface area contributed by atoms with Crippen LogP contribution in [-0.2, 0) is 11.2 Å². The molecule has 0 amide bonds. The zero-order chi connectivity index (χ0) is 10.4. The van der Waals surface area contributed by atoms with Crippen molar-refractivity contribution in [1.29, 1.82) is 0 Å². The van der Waals surface area contributed by atoms with Crippen LogP contribution >= 0.6 is 0 Å². The zero-order valence-electron chi connectivity index (χ0n) is 8.62. The third-order valence-electron chi connectivity index (χ3n) is 2.22. The van der Waals surface area contributed by atoms with E-state index in [4.69, 9.17) is 5.73 Å². The Labute approximate surface area is 85.1 Å². The number of carbonyl (C=O) groups is 1. The van der Waals surface area contributed by atoms with Gasteiger partial charge < -0.3 is 10.5 Å². The number of unbranched alkanes of at least 4 members (excludes halogenated alkanes) is 1. The fraction of sp³-hybridized carbons (Fsp3) is 0.417. The highest BCUT2D eigenvalue weighted by Gasteiger charge is 1.95. The van der Waals surface area contributed by atoms with Crippen molar-refractivity contribution in [1.82, 2.24) is 0 Å². The summed E-state index contributed by atoms with van der Waals surface area (Å²) < 4.78 is 0. The molecule has 0 aliphatic heterocycles. The Bertz CT molecular complexity index is 290. The topological polar surface area (TPSA) is 43.1 Å². The average Bonchev–Trinajstić information content (AvgIpc) is 2.15. The molecule has 76 valence electrons. The maximum absolute atomic E-state index is 10.7. The normalized spacial score (nSPS) is 10.1. The minimum Gasteiger partial charge on any atom is -0.399 e. The molecular formula is C12H17NO. The van der Waals surface area contributed by atoms with Crippen molar-refractivity contribution >= 4 is 11.5 Å². The second-order valence-electron chi connectivity index (χ2n) is 3.65. The molecule has 0 atom stereocenters. The minimum atomic E-state index is 0.280. The molecule has 0 saturated carbocycles. The van der Waals surface area contributed by atoms with E-state index in [1.165, 1.54) is 5.56 Å². The summed E-state index contributed by atoms with van der Waals surface area (Å²) >= 11 is 0. The second-order valence-corrected chi connectivity index (χ2v) is 3.65. The van der Waals surface area contributed by atoms with Crippen molar-refractivity contribution in [2.24, 2.45) is 0 Å². The molecule has 0 saturated heterocycles. The Kier molecular flexibility index (Phi) is 4.17. The summed E-state index contributed by atoms with van der Waals surface area (Å²) in [6.45, 7) is 1.64. The number of aryl methyl sites for hydroxylation is 1. The number of hydrogen-bond donors (Lipinski definition) is 1. The van der Waals surface area contributed by atoms with Crippen LogP contribution in [0.2, 0.25) is 0 Å². The molecule has 0 aliphatic rings. The van der Waals surface area contributed by atoms with Gasteiger partial charge in [0, 0.05) is 12.1 Å². The van der Waals surface area contributed by atoms with Gasteiger partial charge in [-0.2, -0.15) is 0 Å². The van der Waals surface area contributed by atoms with E-state index in [1.807, 2.05) is 24.3 Å². The summed E-state index contributed by atoms with van der Waals surface area (Å²) in [5, 5.41) is 0. The number of carbonyl (C=O) groups excluding carboxylic acids is 1. The molecule has 0 spiro atoms. The third kappa shape index (κ3) is 4.08. The maximum Gasteiger partial charge on any atom is 0.129 e. The van der Waals surface area contributed by atoms with Crippen molar-refractivity contribution < 1.29 is 4.79 Å². The average molecular weight is 191 g/mol. The standard InChI is InChI=1S/C12H17NO/c1-10(14)4-2-3-5-11-6-8-12(13)9-7-11/h6-9H,2-5,13H2,1H3. The molecular weight excluding hydrogens is 174 g/mol. The van der Waals surface area contributed by atoms with Crippen LogP contribution in [-0.4, -0.2) is 5.78 Å². The molecule has 0 aromatic heterocycles. The molecule has 2 heteroatoms. The monoisotopic (exact) mass is 191 g/mol. The minimum absolute atomic E-state index is 0.280. The Hall–Kier alpha value is -1.31. The highest BCUT2D eigenvalue weighted by Crippen LogP contribution is 2.09. The van der Waals surface area contributed by atoms with E-state index in [-0.39, 0.29) is 5.78 Å². The van der Waals surface area contributed by atoms with Crippen molar-refractivity contribution in [3.63, 3.8) is 0 Å². The highest BCUT2D eigenvalue weighted by molar-refractivity contribution is 5.75. The summed E-state index contributed by atoms with van der Waals surface area (Å²) in [4.78, 5) is 10.7. The van der Waals surface area contributed by atoms with Gasteiger partial charge in [-0.05, 0) is 43.9 Å². The summed E-state index contributed by atoms with van der Waals surface area (Å²) in [6, 6.07) is 7.92. The second kappa shape index (κ2) is 5.43. The fourth-order valence-electron chi connectivity index (χ4n) is 1.39. The number of rotatable bonds is 5. The molecule has 0 unspecified atom stereocenters. The number of anilines is 1. The molecule has 0 radical (unpaired) electrons. The first-order valence-corrected chi connectivity index (χ1v) is 5.02. The Morgan fingerprint density at radius 3 is 2.43 bits per heavy atom. The first-order valence-electron chi connectivity index (χ1n) is 5.02. The SMILES string of the molecule is CC(=O)CCCCc1ccc(N)cc1. The quantitative estimate of drug-likeness (QED) is 0.574. The van der Waals surface area contributed by atoms with E-state index < -0.39 is 0 Å². The number of Topliss-reactive ketones (excluding diaryl/α,β-unsaturated/α-hetero) is 1. The van der Waals surface area contributed by atoms with Gasteiger partial charge in [-0.25, -0.2) is 0 Å². The van der Waals surface area contributed by atoms with Gasteiger partial charge in [-0.1, -0.05) is 12.1 Å². The number of benzene rings is 1. The fourth-order valence-corrected chi connectivity index (χ4v) is 1.39. The molecule has 1 aromatic rings. The van der Waals surface area contributed by atoms with Crippen LogP contribution in [0.25, 0.3) is 0 Å². The van der Waals surface area contributed by atoms with Gasteiger partial charge in [0.1, 0.15) is 5.78 Å². The van der Waals surface area contributed by atoms with E-state index in [2.05, 4.69) is 0 Å². The van der Waals surface area contributed by atoms with Gasteiger partial charge in [0.05, 0.1) is 0 Å².